The van der Waals surface area contributed by atoms with Crippen LogP contribution in [-0.4, -0.2) is 50.0 Å². The number of benzene rings is 2. The molecule has 0 aliphatic rings. The molecule has 0 unspecified atom stereocenters. The molecule has 0 aliphatic carbocycles. The van der Waals surface area contributed by atoms with Gasteiger partial charge in [-0.3, -0.25) is 13.9 Å². The van der Waals surface area contributed by atoms with Crippen LogP contribution in [0.15, 0.2) is 60.7 Å². The van der Waals surface area contributed by atoms with Crippen LogP contribution in [0.4, 0.5) is 5.69 Å². The third-order valence-electron chi connectivity index (χ3n) is 5.78. The topological polar surface area (TPSA) is 86.8 Å². The van der Waals surface area contributed by atoms with E-state index in [4.69, 9.17) is 0 Å². The first-order valence-electron chi connectivity index (χ1n) is 11.8. The highest BCUT2D eigenvalue weighted by Crippen LogP contribution is 2.19. The van der Waals surface area contributed by atoms with Crippen LogP contribution in [0.2, 0.25) is 0 Å². The predicted octanol–water partition coefficient (Wildman–Crippen LogP) is 3.95. The first-order valence-corrected chi connectivity index (χ1v) is 13.7. The van der Waals surface area contributed by atoms with Gasteiger partial charge in [0.1, 0.15) is 6.04 Å². The Morgan fingerprint density at radius 3 is 2.06 bits per heavy atom. The van der Waals surface area contributed by atoms with Crippen LogP contribution >= 0.6 is 0 Å². The fourth-order valence-corrected chi connectivity index (χ4v) is 4.70. The van der Waals surface area contributed by atoms with Gasteiger partial charge >= 0.3 is 0 Å². The third-order valence-corrected chi connectivity index (χ3v) is 6.97. The smallest absolute Gasteiger partial charge is 0.243 e. The molecule has 2 rings (SSSR count). The van der Waals surface area contributed by atoms with Crippen molar-refractivity contribution >= 4 is 27.5 Å². The molecule has 0 bridgehead atoms. The predicted molar refractivity (Wildman–Crippen MR) is 137 cm³/mol. The first kappa shape index (κ1) is 27.4. The molecule has 2 aromatic carbocycles. The standard InChI is InChI=1S/C26H37N3O4S/c1-5-21(3)27-26(31)24(6-2)28(20-22-14-9-7-10-15-22)25(30)18-13-19-29(34(4,32)33)23-16-11-8-12-17-23/h7-12,14-17,21,24H,5-6,13,18-20H2,1-4H3,(H,27,31)/t21-,24+/m1/s1. The fourth-order valence-electron chi connectivity index (χ4n) is 3.74. The number of rotatable bonds is 13. The third kappa shape index (κ3) is 8.17. The van der Waals surface area contributed by atoms with E-state index in [1.54, 1.807) is 29.2 Å². The number of anilines is 1. The average molecular weight is 488 g/mol. The Balaban J connectivity index is 2.17. The highest BCUT2D eigenvalue weighted by molar-refractivity contribution is 7.92. The van der Waals surface area contributed by atoms with Gasteiger partial charge in [0.05, 0.1) is 11.9 Å². The molecule has 8 heteroatoms. The molecule has 7 nitrogen and oxygen atoms in total. The minimum absolute atomic E-state index is 0.0180. The SMILES string of the molecule is CC[C@@H](C)NC(=O)[C@H](CC)N(Cc1ccccc1)C(=O)CCCN(c1ccccc1)S(C)(=O)=O. The van der Waals surface area contributed by atoms with Crippen molar-refractivity contribution in [2.45, 2.75) is 65.1 Å². The van der Waals surface area contributed by atoms with E-state index in [1.807, 2.05) is 57.2 Å². The summed E-state index contributed by atoms with van der Waals surface area (Å²) in [6.07, 6.45) is 2.93. The number of nitrogens with zero attached hydrogens (tertiary/aromatic N) is 2. The summed E-state index contributed by atoms with van der Waals surface area (Å²) >= 11 is 0. The van der Waals surface area contributed by atoms with Crippen LogP contribution in [0.1, 0.15) is 52.0 Å². The van der Waals surface area contributed by atoms with Crippen molar-refractivity contribution in [2.75, 3.05) is 17.1 Å². The van der Waals surface area contributed by atoms with E-state index >= 15 is 0 Å². The maximum atomic E-state index is 13.4. The molecule has 0 aromatic heterocycles. The number of hydrogen-bond acceptors (Lipinski definition) is 4. The number of sulfonamides is 1. The second kappa shape index (κ2) is 13.1. The van der Waals surface area contributed by atoms with E-state index in [1.165, 1.54) is 4.31 Å². The largest absolute Gasteiger partial charge is 0.352 e. The van der Waals surface area contributed by atoms with E-state index in [-0.39, 0.29) is 30.8 Å². The molecule has 0 fully saturated rings. The van der Waals surface area contributed by atoms with E-state index in [2.05, 4.69) is 5.32 Å². The molecule has 0 saturated heterocycles. The molecular weight excluding hydrogens is 450 g/mol. The number of carbonyl (C=O) groups is 2. The Labute approximate surface area is 204 Å². The molecule has 2 amide bonds. The van der Waals surface area contributed by atoms with E-state index < -0.39 is 16.1 Å². The zero-order chi connectivity index (χ0) is 25.1. The molecule has 0 spiro atoms. The summed E-state index contributed by atoms with van der Waals surface area (Å²) in [4.78, 5) is 28.0. The van der Waals surface area contributed by atoms with Crippen LogP contribution in [0.5, 0.6) is 0 Å². The molecule has 1 N–H and O–H groups in total. The van der Waals surface area contributed by atoms with Gasteiger partial charge in [0, 0.05) is 25.6 Å². The molecular formula is C26H37N3O4S. The number of para-hydroxylation sites is 1. The van der Waals surface area contributed by atoms with Crippen molar-refractivity contribution in [3.63, 3.8) is 0 Å². The van der Waals surface area contributed by atoms with E-state index in [9.17, 15) is 18.0 Å². The maximum absolute atomic E-state index is 13.4. The second-order valence-corrected chi connectivity index (χ2v) is 10.4. The summed E-state index contributed by atoms with van der Waals surface area (Å²) in [5.41, 5.74) is 1.51. The number of nitrogens with one attached hydrogen (secondary N) is 1. The van der Waals surface area contributed by atoms with Crippen LogP contribution in [0.25, 0.3) is 0 Å². The lowest BCUT2D eigenvalue weighted by molar-refractivity contribution is -0.141. The van der Waals surface area contributed by atoms with E-state index in [0.717, 1.165) is 18.2 Å². The maximum Gasteiger partial charge on any atom is 0.243 e. The van der Waals surface area contributed by atoms with Gasteiger partial charge in [-0.15, -0.1) is 0 Å². The molecule has 2 aromatic rings. The van der Waals surface area contributed by atoms with Crippen molar-refractivity contribution in [2.24, 2.45) is 0 Å². The summed E-state index contributed by atoms with van der Waals surface area (Å²) in [6.45, 7) is 6.34. The highest BCUT2D eigenvalue weighted by Gasteiger charge is 2.29. The lowest BCUT2D eigenvalue weighted by Crippen LogP contribution is -2.50. The van der Waals surface area contributed by atoms with Crippen molar-refractivity contribution < 1.29 is 18.0 Å². The van der Waals surface area contributed by atoms with Gasteiger partial charge in [-0.2, -0.15) is 0 Å². The second-order valence-electron chi connectivity index (χ2n) is 8.52. The van der Waals surface area contributed by atoms with Gasteiger partial charge in [-0.1, -0.05) is 62.4 Å². The molecule has 0 radical (unpaired) electrons. The molecule has 186 valence electrons. The minimum Gasteiger partial charge on any atom is -0.352 e. The Morgan fingerprint density at radius 2 is 1.53 bits per heavy atom. The van der Waals surface area contributed by atoms with Gasteiger partial charge < -0.3 is 10.2 Å². The summed E-state index contributed by atoms with van der Waals surface area (Å²) in [6, 6.07) is 17.9. The van der Waals surface area contributed by atoms with Gasteiger partial charge in [0.25, 0.3) is 0 Å². The van der Waals surface area contributed by atoms with Gasteiger partial charge in [0.2, 0.25) is 21.8 Å². The zero-order valence-corrected chi connectivity index (χ0v) is 21.4. The Hall–Kier alpha value is -2.87. The Bertz CT molecular complexity index is 1010. The molecule has 0 aliphatic heterocycles. The quantitative estimate of drug-likeness (QED) is 0.463. The Morgan fingerprint density at radius 1 is 0.941 bits per heavy atom. The monoisotopic (exact) mass is 487 g/mol. The van der Waals surface area contributed by atoms with Crippen molar-refractivity contribution in [1.29, 1.82) is 0 Å². The van der Waals surface area contributed by atoms with Gasteiger partial charge in [0.15, 0.2) is 0 Å². The van der Waals surface area contributed by atoms with Gasteiger partial charge in [-0.25, -0.2) is 8.42 Å². The summed E-state index contributed by atoms with van der Waals surface area (Å²) in [5.74, 6) is -0.334. The molecule has 0 saturated carbocycles. The minimum atomic E-state index is -3.49. The lowest BCUT2D eigenvalue weighted by Gasteiger charge is -2.32. The normalized spacial score (nSPS) is 13.1. The first-order chi connectivity index (χ1) is 16.2. The number of hydrogen-bond donors (Lipinski definition) is 1. The molecule has 2 atom stereocenters. The average Bonchev–Trinajstić information content (AvgIpc) is 2.81. The number of amides is 2. The summed E-state index contributed by atoms with van der Waals surface area (Å²) < 4.78 is 26.0. The summed E-state index contributed by atoms with van der Waals surface area (Å²) in [5, 5.41) is 3.00. The van der Waals surface area contributed by atoms with Crippen LogP contribution < -0.4 is 9.62 Å². The van der Waals surface area contributed by atoms with Crippen molar-refractivity contribution in [3.8, 4) is 0 Å². The van der Waals surface area contributed by atoms with Crippen LogP contribution in [0, 0.1) is 0 Å². The molecule has 34 heavy (non-hydrogen) atoms. The fraction of sp³-hybridized carbons (Fsp3) is 0.462. The van der Waals surface area contributed by atoms with Crippen LogP contribution in [-0.2, 0) is 26.2 Å². The Kier molecular flexibility index (Phi) is 10.6. The summed E-state index contributed by atoms with van der Waals surface area (Å²) in [7, 11) is -3.49. The van der Waals surface area contributed by atoms with Gasteiger partial charge in [-0.05, 0) is 43.9 Å². The lowest BCUT2D eigenvalue weighted by atomic mass is 10.1. The van der Waals surface area contributed by atoms with E-state index in [0.29, 0.717) is 25.1 Å². The van der Waals surface area contributed by atoms with Crippen molar-refractivity contribution in [3.05, 3.63) is 66.2 Å². The van der Waals surface area contributed by atoms with Crippen LogP contribution in [0.3, 0.4) is 0 Å². The zero-order valence-electron chi connectivity index (χ0n) is 20.6. The number of carbonyl (C=O) groups excluding carboxylic acids is 2. The molecule has 0 heterocycles. The van der Waals surface area contributed by atoms with Crippen molar-refractivity contribution in [1.82, 2.24) is 10.2 Å². The highest BCUT2D eigenvalue weighted by atomic mass is 32.2.